The maximum atomic E-state index is 13.2. The number of benzene rings is 1. The SMILES string of the molecule is Cc1cc(Br)c(C(=O)O)c(F)c1Cl. The van der Waals surface area contributed by atoms with Gasteiger partial charge in [-0.2, -0.15) is 0 Å². The molecule has 0 radical (unpaired) electrons. The molecule has 0 spiro atoms. The Hall–Kier alpha value is -0.610. The Kier molecular flexibility index (Phi) is 2.93. The zero-order valence-corrected chi connectivity index (χ0v) is 8.91. The molecular formula is C8H5BrClFO2. The second-order valence-electron chi connectivity index (χ2n) is 2.48. The Morgan fingerprint density at radius 3 is 2.69 bits per heavy atom. The first-order valence-electron chi connectivity index (χ1n) is 3.32. The number of carboxylic acids is 1. The molecule has 5 heteroatoms. The van der Waals surface area contributed by atoms with E-state index in [-0.39, 0.29) is 9.50 Å². The lowest BCUT2D eigenvalue weighted by Gasteiger charge is -2.05. The second-order valence-corrected chi connectivity index (χ2v) is 3.72. The highest BCUT2D eigenvalue weighted by Crippen LogP contribution is 2.29. The molecule has 1 N–H and O–H groups in total. The first-order valence-corrected chi connectivity index (χ1v) is 4.49. The van der Waals surface area contributed by atoms with Crippen molar-refractivity contribution >= 4 is 33.5 Å². The van der Waals surface area contributed by atoms with Crippen molar-refractivity contribution < 1.29 is 14.3 Å². The number of rotatable bonds is 1. The van der Waals surface area contributed by atoms with Crippen LogP contribution in [0, 0.1) is 12.7 Å². The van der Waals surface area contributed by atoms with E-state index in [2.05, 4.69) is 15.9 Å². The molecule has 0 unspecified atom stereocenters. The minimum Gasteiger partial charge on any atom is -0.478 e. The van der Waals surface area contributed by atoms with E-state index in [1.54, 1.807) is 6.92 Å². The Bertz CT molecular complexity index is 379. The third kappa shape index (κ3) is 1.84. The van der Waals surface area contributed by atoms with Crippen LogP contribution in [0.15, 0.2) is 10.5 Å². The van der Waals surface area contributed by atoms with Crippen molar-refractivity contribution in [1.29, 1.82) is 0 Å². The van der Waals surface area contributed by atoms with Crippen molar-refractivity contribution in [3.05, 3.63) is 32.5 Å². The first kappa shape index (κ1) is 10.5. The van der Waals surface area contributed by atoms with E-state index in [4.69, 9.17) is 16.7 Å². The van der Waals surface area contributed by atoms with Crippen LogP contribution in [0.2, 0.25) is 5.02 Å². The minimum absolute atomic E-state index is 0.152. The molecule has 0 heterocycles. The fourth-order valence-electron chi connectivity index (χ4n) is 0.909. The van der Waals surface area contributed by atoms with Gasteiger partial charge in [0, 0.05) is 4.47 Å². The van der Waals surface area contributed by atoms with E-state index in [0.717, 1.165) is 0 Å². The van der Waals surface area contributed by atoms with Crippen LogP contribution in [0.5, 0.6) is 0 Å². The molecule has 0 aliphatic rings. The summed E-state index contributed by atoms with van der Waals surface area (Å²) in [4.78, 5) is 10.6. The molecule has 70 valence electrons. The zero-order chi connectivity index (χ0) is 10.2. The van der Waals surface area contributed by atoms with Gasteiger partial charge < -0.3 is 5.11 Å². The van der Waals surface area contributed by atoms with Gasteiger partial charge in [-0.25, -0.2) is 9.18 Å². The van der Waals surface area contributed by atoms with Crippen LogP contribution in [0.4, 0.5) is 4.39 Å². The number of hydrogen-bond donors (Lipinski definition) is 1. The van der Waals surface area contributed by atoms with E-state index in [0.29, 0.717) is 5.56 Å². The number of carboxylic acid groups (broad SMARTS) is 1. The molecule has 13 heavy (non-hydrogen) atoms. The van der Waals surface area contributed by atoms with Crippen LogP contribution in [-0.4, -0.2) is 11.1 Å². The zero-order valence-electron chi connectivity index (χ0n) is 6.57. The lowest BCUT2D eigenvalue weighted by atomic mass is 10.1. The molecular weight excluding hydrogens is 262 g/mol. The monoisotopic (exact) mass is 266 g/mol. The molecule has 0 amide bonds. The van der Waals surface area contributed by atoms with E-state index in [9.17, 15) is 9.18 Å². The molecule has 0 fully saturated rings. The Labute approximate surface area is 87.5 Å². The van der Waals surface area contributed by atoms with Gasteiger partial charge in [-0.3, -0.25) is 0 Å². The van der Waals surface area contributed by atoms with Crippen LogP contribution in [0.3, 0.4) is 0 Å². The van der Waals surface area contributed by atoms with Crippen molar-refractivity contribution in [2.24, 2.45) is 0 Å². The van der Waals surface area contributed by atoms with Gasteiger partial charge in [-0.1, -0.05) is 11.6 Å². The van der Waals surface area contributed by atoms with Gasteiger partial charge in [0.15, 0.2) is 5.82 Å². The van der Waals surface area contributed by atoms with Crippen LogP contribution in [0.1, 0.15) is 15.9 Å². The van der Waals surface area contributed by atoms with Crippen molar-refractivity contribution in [3.63, 3.8) is 0 Å². The molecule has 0 aromatic heterocycles. The third-order valence-corrected chi connectivity index (χ3v) is 2.64. The highest BCUT2D eigenvalue weighted by molar-refractivity contribution is 9.10. The largest absolute Gasteiger partial charge is 0.478 e. The number of aryl methyl sites for hydroxylation is 1. The lowest BCUT2D eigenvalue weighted by Crippen LogP contribution is -2.03. The van der Waals surface area contributed by atoms with Crippen molar-refractivity contribution in [2.75, 3.05) is 0 Å². The molecule has 0 saturated carbocycles. The first-order chi connectivity index (χ1) is 5.95. The number of hydrogen-bond acceptors (Lipinski definition) is 1. The average Bonchev–Trinajstić information content (AvgIpc) is 1.99. The summed E-state index contributed by atoms with van der Waals surface area (Å²) in [7, 11) is 0. The molecule has 1 aromatic rings. The van der Waals surface area contributed by atoms with Crippen LogP contribution < -0.4 is 0 Å². The maximum absolute atomic E-state index is 13.2. The molecule has 0 atom stereocenters. The smallest absolute Gasteiger partial charge is 0.339 e. The quantitative estimate of drug-likeness (QED) is 0.793. The summed E-state index contributed by atoms with van der Waals surface area (Å²) in [6.07, 6.45) is 0. The minimum atomic E-state index is -1.34. The molecule has 2 nitrogen and oxygen atoms in total. The lowest BCUT2D eigenvalue weighted by molar-refractivity contribution is 0.0691. The van der Waals surface area contributed by atoms with Gasteiger partial charge in [0.1, 0.15) is 5.56 Å². The average molecular weight is 267 g/mol. The second kappa shape index (κ2) is 3.64. The van der Waals surface area contributed by atoms with Crippen LogP contribution in [-0.2, 0) is 0 Å². The van der Waals surface area contributed by atoms with Gasteiger partial charge in [-0.05, 0) is 34.5 Å². The predicted molar refractivity (Wildman–Crippen MR) is 50.8 cm³/mol. The fraction of sp³-hybridized carbons (Fsp3) is 0.125. The van der Waals surface area contributed by atoms with Gasteiger partial charge in [0.25, 0.3) is 0 Å². The Balaban J connectivity index is 3.53. The third-order valence-electron chi connectivity index (χ3n) is 1.55. The maximum Gasteiger partial charge on any atom is 0.339 e. The van der Waals surface area contributed by atoms with Crippen LogP contribution in [0.25, 0.3) is 0 Å². The van der Waals surface area contributed by atoms with E-state index in [1.165, 1.54) is 6.07 Å². The Morgan fingerprint density at radius 2 is 2.23 bits per heavy atom. The normalized spacial score (nSPS) is 10.2. The standard InChI is InChI=1S/C8H5BrClFO2/c1-3-2-4(9)5(8(12)13)7(11)6(3)10/h2H,1H3,(H,12,13). The summed E-state index contributed by atoms with van der Waals surface area (Å²) in [6.45, 7) is 1.60. The highest BCUT2D eigenvalue weighted by atomic mass is 79.9. The summed E-state index contributed by atoms with van der Waals surface area (Å²) < 4.78 is 13.4. The van der Waals surface area contributed by atoms with E-state index >= 15 is 0 Å². The highest BCUT2D eigenvalue weighted by Gasteiger charge is 2.19. The summed E-state index contributed by atoms with van der Waals surface area (Å²) in [5, 5.41) is 8.48. The molecule has 1 rings (SSSR count). The van der Waals surface area contributed by atoms with Gasteiger partial charge in [0.2, 0.25) is 0 Å². The summed E-state index contributed by atoms with van der Waals surface area (Å²) in [5.41, 5.74) is 0.0617. The molecule has 1 aromatic carbocycles. The number of aromatic carboxylic acids is 1. The van der Waals surface area contributed by atoms with Crippen LogP contribution >= 0.6 is 27.5 Å². The summed E-state index contributed by atoms with van der Waals surface area (Å²) in [6, 6.07) is 1.47. The summed E-state index contributed by atoms with van der Waals surface area (Å²) in [5.74, 6) is -2.24. The molecule has 0 aliphatic carbocycles. The van der Waals surface area contributed by atoms with Crippen molar-refractivity contribution in [1.82, 2.24) is 0 Å². The molecule has 0 saturated heterocycles. The van der Waals surface area contributed by atoms with Crippen molar-refractivity contribution in [2.45, 2.75) is 6.92 Å². The fourth-order valence-corrected chi connectivity index (χ4v) is 1.75. The predicted octanol–water partition coefficient (Wildman–Crippen LogP) is 3.25. The summed E-state index contributed by atoms with van der Waals surface area (Å²) >= 11 is 8.49. The molecule has 0 aliphatic heterocycles. The van der Waals surface area contributed by atoms with Gasteiger partial charge in [-0.15, -0.1) is 0 Å². The number of carbonyl (C=O) groups is 1. The topological polar surface area (TPSA) is 37.3 Å². The van der Waals surface area contributed by atoms with Crippen molar-refractivity contribution in [3.8, 4) is 0 Å². The van der Waals surface area contributed by atoms with E-state index < -0.39 is 17.3 Å². The van der Waals surface area contributed by atoms with Gasteiger partial charge >= 0.3 is 5.97 Å². The molecule has 0 bridgehead atoms. The van der Waals surface area contributed by atoms with E-state index in [1.807, 2.05) is 0 Å². The number of halogens is 3. The Morgan fingerprint density at radius 1 is 1.69 bits per heavy atom. The van der Waals surface area contributed by atoms with Gasteiger partial charge in [0.05, 0.1) is 5.02 Å².